The van der Waals surface area contributed by atoms with Crippen molar-refractivity contribution in [2.45, 2.75) is 31.2 Å². The number of carbonyl (C=O) groups excluding carboxylic acids is 3. The van der Waals surface area contributed by atoms with Gasteiger partial charge >= 0.3 is 12.3 Å². The normalized spacial score (nSPS) is 18.1. The SMILES string of the molecule is O=C(NC(C1CC1)C(F)(F)F)c1cn(-c2c(F)cc(F)cc2F)c2nc(N3C[C@H](C(=O)Cl)OC3=O)ccc2c1=O. The standard InChI is InChI=1S/C24H15ClF6N4O5/c25-20(37)15-8-34(23(39)40-15)16-4-3-11-18(36)12(22(38)33-19(9-1-2-9)24(29,30)31)7-35(21(11)32-16)17-13(27)5-10(26)6-14(17)28/h3-7,9,15,19H,1-2,8H2,(H,33,38)/t15-,19?/m1/s1. The summed E-state index contributed by atoms with van der Waals surface area (Å²) < 4.78 is 89.3. The number of hydrogen-bond acceptors (Lipinski definition) is 6. The summed E-state index contributed by atoms with van der Waals surface area (Å²) in [6.45, 7) is -0.399. The number of fused-ring (bicyclic) bond motifs is 1. The van der Waals surface area contributed by atoms with E-state index in [2.05, 4.69) is 4.98 Å². The molecule has 0 bridgehead atoms. The number of cyclic esters (lactones) is 1. The van der Waals surface area contributed by atoms with E-state index in [-0.39, 0.29) is 18.7 Å². The second kappa shape index (κ2) is 9.80. The molecule has 1 aliphatic heterocycles. The molecule has 3 aromatic rings. The monoisotopic (exact) mass is 588 g/mol. The van der Waals surface area contributed by atoms with E-state index in [1.807, 2.05) is 0 Å². The molecule has 1 N–H and O–H groups in total. The molecule has 1 aromatic carbocycles. The molecule has 16 heteroatoms. The summed E-state index contributed by atoms with van der Waals surface area (Å²) in [6.07, 6.45) is -6.29. The van der Waals surface area contributed by atoms with Gasteiger partial charge in [0.1, 0.15) is 28.9 Å². The number of rotatable bonds is 6. The van der Waals surface area contributed by atoms with E-state index >= 15 is 0 Å². The maximum absolute atomic E-state index is 14.8. The molecule has 1 saturated heterocycles. The second-order valence-corrected chi connectivity index (χ2v) is 9.49. The average molecular weight is 589 g/mol. The van der Waals surface area contributed by atoms with Crippen LogP contribution in [0, 0.1) is 23.4 Å². The molecule has 5 rings (SSSR count). The predicted molar refractivity (Wildman–Crippen MR) is 126 cm³/mol. The summed E-state index contributed by atoms with van der Waals surface area (Å²) in [6, 6.07) is 0.429. The molecule has 1 saturated carbocycles. The van der Waals surface area contributed by atoms with E-state index in [9.17, 15) is 45.5 Å². The van der Waals surface area contributed by atoms with E-state index in [1.54, 1.807) is 5.32 Å². The fourth-order valence-electron chi connectivity index (χ4n) is 4.32. The van der Waals surface area contributed by atoms with Gasteiger partial charge in [-0.1, -0.05) is 0 Å². The van der Waals surface area contributed by atoms with Crippen LogP contribution >= 0.6 is 11.6 Å². The van der Waals surface area contributed by atoms with Gasteiger partial charge in [-0.25, -0.2) is 22.9 Å². The number of hydrogen-bond donors (Lipinski definition) is 1. The highest BCUT2D eigenvalue weighted by molar-refractivity contribution is 6.64. The second-order valence-electron chi connectivity index (χ2n) is 9.12. The fourth-order valence-corrected chi connectivity index (χ4v) is 4.44. The number of anilines is 1. The van der Waals surface area contributed by atoms with Crippen LogP contribution in [0.25, 0.3) is 16.7 Å². The minimum atomic E-state index is -4.83. The van der Waals surface area contributed by atoms with Gasteiger partial charge in [-0.05, 0) is 42.5 Å². The topological polar surface area (TPSA) is 111 Å². The summed E-state index contributed by atoms with van der Waals surface area (Å²) in [5.41, 5.74) is -3.61. The number of alkyl halides is 3. The minimum absolute atomic E-state index is 0.195. The Labute approximate surface area is 224 Å². The number of aromatic nitrogens is 2. The third-order valence-corrected chi connectivity index (χ3v) is 6.62. The third-order valence-electron chi connectivity index (χ3n) is 6.38. The van der Waals surface area contributed by atoms with Crippen LogP contribution < -0.4 is 15.6 Å². The molecule has 1 unspecified atom stereocenters. The van der Waals surface area contributed by atoms with Gasteiger partial charge in [0, 0.05) is 18.3 Å². The van der Waals surface area contributed by atoms with Gasteiger partial charge in [0.25, 0.3) is 11.1 Å². The fraction of sp³-hybridized carbons (Fsp3) is 0.292. The largest absolute Gasteiger partial charge is 0.434 e. The molecule has 3 heterocycles. The van der Waals surface area contributed by atoms with Crippen molar-refractivity contribution in [1.82, 2.24) is 14.9 Å². The van der Waals surface area contributed by atoms with Crippen LogP contribution in [0.3, 0.4) is 0 Å². The summed E-state index contributed by atoms with van der Waals surface area (Å²) in [4.78, 5) is 54.7. The average Bonchev–Trinajstić information content (AvgIpc) is 3.62. The van der Waals surface area contributed by atoms with Gasteiger partial charge < -0.3 is 10.1 Å². The molecule has 0 radical (unpaired) electrons. The predicted octanol–water partition coefficient (Wildman–Crippen LogP) is 3.96. The van der Waals surface area contributed by atoms with E-state index < -0.39 is 93.2 Å². The van der Waals surface area contributed by atoms with Crippen LogP contribution in [0.5, 0.6) is 0 Å². The molecule has 2 fully saturated rings. The molecule has 9 nitrogen and oxygen atoms in total. The maximum Gasteiger partial charge on any atom is 0.416 e. The van der Waals surface area contributed by atoms with Crippen molar-refractivity contribution in [2.24, 2.45) is 5.92 Å². The van der Waals surface area contributed by atoms with E-state index in [4.69, 9.17) is 16.3 Å². The first-order valence-electron chi connectivity index (χ1n) is 11.5. The molecule has 1 aliphatic carbocycles. The highest BCUT2D eigenvalue weighted by Crippen LogP contribution is 2.40. The Bertz CT molecular complexity index is 1620. The smallest absolute Gasteiger partial charge is 0.416 e. The Balaban J connectivity index is 1.69. The number of halogens is 7. The van der Waals surface area contributed by atoms with Crippen molar-refractivity contribution in [3.63, 3.8) is 0 Å². The Morgan fingerprint density at radius 2 is 1.75 bits per heavy atom. The van der Waals surface area contributed by atoms with Crippen molar-refractivity contribution in [3.8, 4) is 5.69 Å². The van der Waals surface area contributed by atoms with Crippen LogP contribution in [-0.4, -0.2) is 51.7 Å². The molecular formula is C24H15ClF6N4O5. The van der Waals surface area contributed by atoms with E-state index in [1.165, 1.54) is 0 Å². The number of amides is 2. The van der Waals surface area contributed by atoms with Crippen LogP contribution in [0.1, 0.15) is 23.2 Å². The minimum Gasteiger partial charge on any atom is -0.434 e. The highest BCUT2D eigenvalue weighted by atomic mass is 35.5. The van der Waals surface area contributed by atoms with Crippen LogP contribution in [-0.2, 0) is 9.53 Å². The lowest BCUT2D eigenvalue weighted by molar-refractivity contribution is -0.158. The summed E-state index contributed by atoms with van der Waals surface area (Å²) in [5, 5.41) is 0.299. The number of pyridine rings is 2. The van der Waals surface area contributed by atoms with Crippen molar-refractivity contribution < 1.29 is 45.5 Å². The number of carbonyl (C=O) groups is 3. The zero-order valence-corrected chi connectivity index (χ0v) is 20.5. The van der Waals surface area contributed by atoms with Crippen molar-refractivity contribution in [2.75, 3.05) is 11.4 Å². The highest BCUT2D eigenvalue weighted by Gasteiger charge is 2.50. The molecule has 210 valence electrons. The summed E-state index contributed by atoms with van der Waals surface area (Å²) in [5.74, 6) is -6.93. The van der Waals surface area contributed by atoms with Crippen LogP contribution in [0.2, 0.25) is 0 Å². The van der Waals surface area contributed by atoms with Gasteiger partial charge in [0.15, 0.2) is 23.4 Å². The number of nitrogens with one attached hydrogen (secondary N) is 1. The summed E-state index contributed by atoms with van der Waals surface area (Å²) >= 11 is 5.37. The Morgan fingerprint density at radius 1 is 1.10 bits per heavy atom. The quantitative estimate of drug-likeness (QED) is 0.345. The Morgan fingerprint density at radius 3 is 2.30 bits per heavy atom. The van der Waals surface area contributed by atoms with Crippen molar-refractivity contribution in [3.05, 3.63) is 63.7 Å². The van der Waals surface area contributed by atoms with Gasteiger partial charge in [-0.2, -0.15) is 13.2 Å². The Hall–Kier alpha value is -4.14. The number of nitrogens with zero attached hydrogens (tertiary/aromatic N) is 3. The van der Waals surface area contributed by atoms with Crippen molar-refractivity contribution in [1.29, 1.82) is 0 Å². The van der Waals surface area contributed by atoms with Gasteiger partial charge in [-0.15, -0.1) is 0 Å². The molecular weight excluding hydrogens is 574 g/mol. The maximum atomic E-state index is 14.8. The lowest BCUT2D eigenvalue weighted by Crippen LogP contribution is -2.48. The number of ether oxygens (including phenoxy) is 1. The molecule has 2 aromatic heterocycles. The van der Waals surface area contributed by atoms with Crippen LogP contribution in [0.4, 0.5) is 37.0 Å². The van der Waals surface area contributed by atoms with Gasteiger partial charge in [0.05, 0.1) is 11.9 Å². The van der Waals surface area contributed by atoms with E-state index in [0.29, 0.717) is 22.9 Å². The van der Waals surface area contributed by atoms with Crippen molar-refractivity contribution >= 4 is 45.7 Å². The lowest BCUT2D eigenvalue weighted by atomic mass is 10.1. The zero-order valence-electron chi connectivity index (χ0n) is 19.8. The van der Waals surface area contributed by atoms with Crippen LogP contribution in [0.15, 0.2) is 35.3 Å². The number of benzene rings is 1. The molecule has 40 heavy (non-hydrogen) atoms. The zero-order chi connectivity index (χ0) is 29.1. The summed E-state index contributed by atoms with van der Waals surface area (Å²) in [7, 11) is 0. The van der Waals surface area contributed by atoms with E-state index in [0.717, 1.165) is 17.0 Å². The first-order valence-corrected chi connectivity index (χ1v) is 11.9. The first-order chi connectivity index (χ1) is 18.8. The Kier molecular flexibility index (Phi) is 6.72. The first kappa shape index (κ1) is 27.4. The third kappa shape index (κ3) is 4.96. The molecule has 0 spiro atoms. The van der Waals surface area contributed by atoms with Gasteiger partial charge in [-0.3, -0.25) is 23.9 Å². The lowest BCUT2D eigenvalue weighted by Gasteiger charge is -2.22. The molecule has 2 amide bonds. The van der Waals surface area contributed by atoms with Gasteiger partial charge in [0.2, 0.25) is 5.43 Å². The molecule has 2 atom stereocenters. The molecule has 2 aliphatic rings.